The number of hydrogen-bond donors (Lipinski definition) is 2. The molecule has 1 heterocycles. The number of hydrogen-bond acceptors (Lipinski definition) is 4. The first kappa shape index (κ1) is 24.2. The van der Waals surface area contributed by atoms with Crippen molar-refractivity contribution in [2.75, 3.05) is 7.11 Å². The normalized spacial score (nSPS) is 20.7. The molecular weight excluding hydrogens is 406 g/mol. The van der Waals surface area contributed by atoms with E-state index in [9.17, 15) is 18.8 Å². The summed E-state index contributed by atoms with van der Waals surface area (Å²) in [6, 6.07) is 5.93. The van der Waals surface area contributed by atoms with Gasteiger partial charge in [-0.05, 0) is 60.9 Å². The van der Waals surface area contributed by atoms with Crippen LogP contribution in [0.2, 0.25) is 0 Å². The molecular formula is C19H24F2N2O3S2. The summed E-state index contributed by atoms with van der Waals surface area (Å²) in [7, 11) is 1.34. The third-order valence-corrected chi connectivity index (χ3v) is 5.33. The molecule has 0 radical (unpaired) electrons. The maximum absolute atomic E-state index is 14.1. The largest absolute Gasteiger partial charge is 0.479 e. The fourth-order valence-electron chi connectivity index (χ4n) is 3.95. The fourth-order valence-corrected chi connectivity index (χ4v) is 3.95. The average molecular weight is 431 g/mol. The van der Waals surface area contributed by atoms with Gasteiger partial charge in [0.2, 0.25) is 5.88 Å². The Morgan fingerprint density at radius 1 is 1.32 bits per heavy atom. The van der Waals surface area contributed by atoms with Crippen LogP contribution in [0.5, 0.6) is 5.88 Å². The van der Waals surface area contributed by atoms with Crippen molar-refractivity contribution in [1.29, 1.82) is 0 Å². The van der Waals surface area contributed by atoms with Crippen molar-refractivity contribution in [3.63, 3.8) is 0 Å². The van der Waals surface area contributed by atoms with Gasteiger partial charge < -0.3 is 4.74 Å². The van der Waals surface area contributed by atoms with Gasteiger partial charge in [0.1, 0.15) is 5.82 Å². The van der Waals surface area contributed by atoms with Crippen molar-refractivity contribution >= 4 is 32.9 Å². The van der Waals surface area contributed by atoms with Crippen LogP contribution in [0, 0.1) is 18.6 Å². The van der Waals surface area contributed by atoms with E-state index in [0.717, 1.165) is 0 Å². The fraction of sp³-hybridized carbons (Fsp3) is 0.368. The second-order valence-electron chi connectivity index (χ2n) is 6.63. The Morgan fingerprint density at radius 2 is 2.04 bits per heavy atom. The van der Waals surface area contributed by atoms with E-state index in [1.807, 2.05) is 0 Å². The first-order chi connectivity index (χ1) is 12.4. The summed E-state index contributed by atoms with van der Waals surface area (Å²) in [6.07, 6.45) is 2.83. The molecule has 1 aliphatic rings. The molecule has 5 nitrogen and oxygen atoms in total. The van der Waals surface area contributed by atoms with Gasteiger partial charge in [-0.25, -0.2) is 19.2 Å². The number of benzene rings is 1. The van der Waals surface area contributed by atoms with Gasteiger partial charge in [0, 0.05) is 6.20 Å². The number of pyridine rings is 1. The number of halogens is 2. The van der Waals surface area contributed by atoms with Crippen LogP contribution in [0.15, 0.2) is 30.5 Å². The topological polar surface area (TPSA) is 71.5 Å². The van der Waals surface area contributed by atoms with Crippen molar-refractivity contribution in [2.24, 2.45) is 0 Å². The summed E-state index contributed by atoms with van der Waals surface area (Å²) in [4.78, 5) is 16.5. The summed E-state index contributed by atoms with van der Waals surface area (Å²) in [5.74, 6) is -1.81. The van der Waals surface area contributed by atoms with Crippen LogP contribution in [-0.2, 0) is 10.2 Å². The Kier molecular flexibility index (Phi) is 8.28. The number of carbonyl (C=O) groups excluding carboxylic acids is 1. The second-order valence-corrected chi connectivity index (χ2v) is 6.63. The zero-order chi connectivity index (χ0) is 18.9. The second kappa shape index (κ2) is 9.58. The van der Waals surface area contributed by atoms with Crippen LogP contribution in [0.4, 0.5) is 8.78 Å². The molecule has 0 unspecified atom stereocenters. The first-order valence-electron chi connectivity index (χ1n) is 8.32. The van der Waals surface area contributed by atoms with Gasteiger partial charge >= 0.3 is 0 Å². The third kappa shape index (κ3) is 4.11. The van der Waals surface area contributed by atoms with E-state index >= 15 is 0 Å². The minimum Gasteiger partial charge on any atom is -0.479 e. The Bertz CT molecular complexity index is 854. The number of nitrogens with one attached hydrogen (secondary N) is 1. The maximum atomic E-state index is 14.1. The van der Waals surface area contributed by atoms with Crippen LogP contribution >= 0.6 is 27.0 Å². The summed E-state index contributed by atoms with van der Waals surface area (Å²) in [6.45, 7) is 1.61. The number of rotatable bonds is 4. The lowest BCUT2D eigenvalue weighted by Crippen LogP contribution is -2.42. The highest BCUT2D eigenvalue weighted by Gasteiger charge is 2.48. The molecule has 0 bridgehead atoms. The van der Waals surface area contributed by atoms with Crippen LogP contribution in [0.1, 0.15) is 41.9 Å². The SMILES string of the molecule is COc1ncc([C@H]2CC[C@@](C(=O)NO)(c3cccc(F)c3C)C2)cc1F.S.S. The lowest BCUT2D eigenvalue weighted by molar-refractivity contribution is -0.135. The Morgan fingerprint density at radius 3 is 2.64 bits per heavy atom. The number of amides is 1. The van der Waals surface area contributed by atoms with E-state index in [4.69, 9.17) is 4.74 Å². The molecule has 0 saturated heterocycles. The van der Waals surface area contributed by atoms with E-state index in [2.05, 4.69) is 4.98 Å². The van der Waals surface area contributed by atoms with Gasteiger partial charge in [-0.3, -0.25) is 10.0 Å². The zero-order valence-corrected chi connectivity index (χ0v) is 17.6. The highest BCUT2D eigenvalue weighted by molar-refractivity contribution is 7.59. The third-order valence-electron chi connectivity index (χ3n) is 5.33. The minimum absolute atomic E-state index is 0. The summed E-state index contributed by atoms with van der Waals surface area (Å²) in [5.41, 5.74) is 2.19. The monoisotopic (exact) mass is 430 g/mol. The molecule has 1 aromatic carbocycles. The molecule has 1 saturated carbocycles. The smallest absolute Gasteiger partial charge is 0.254 e. The molecule has 1 aromatic heterocycles. The molecule has 28 heavy (non-hydrogen) atoms. The number of ether oxygens (including phenoxy) is 1. The Balaban J connectivity index is 0.00000196. The van der Waals surface area contributed by atoms with Crippen LogP contribution in [-0.4, -0.2) is 23.2 Å². The molecule has 0 aliphatic heterocycles. The molecule has 0 spiro atoms. The average Bonchev–Trinajstić information content (AvgIpc) is 3.09. The lowest BCUT2D eigenvalue weighted by atomic mass is 9.75. The molecule has 154 valence electrons. The maximum Gasteiger partial charge on any atom is 0.254 e. The number of aromatic nitrogens is 1. The predicted molar refractivity (Wildman–Crippen MR) is 111 cm³/mol. The van der Waals surface area contributed by atoms with E-state index in [1.54, 1.807) is 24.5 Å². The minimum atomic E-state index is -1.08. The van der Waals surface area contributed by atoms with Crippen LogP contribution in [0.25, 0.3) is 0 Å². The Labute approximate surface area is 176 Å². The molecule has 2 N–H and O–H groups in total. The van der Waals surface area contributed by atoms with Gasteiger partial charge in [0.25, 0.3) is 5.91 Å². The lowest BCUT2D eigenvalue weighted by Gasteiger charge is -2.29. The molecule has 1 aliphatic carbocycles. The highest BCUT2D eigenvalue weighted by atomic mass is 32.1. The van der Waals surface area contributed by atoms with Crippen molar-refractivity contribution in [3.05, 3.63) is 58.8 Å². The summed E-state index contributed by atoms with van der Waals surface area (Å²) in [5, 5.41) is 9.27. The Hall–Kier alpha value is -1.84. The molecule has 3 rings (SSSR count). The number of nitrogens with zero attached hydrogens (tertiary/aromatic N) is 1. The van der Waals surface area contributed by atoms with Gasteiger partial charge in [0.05, 0.1) is 12.5 Å². The van der Waals surface area contributed by atoms with Crippen molar-refractivity contribution in [1.82, 2.24) is 10.5 Å². The number of carbonyl (C=O) groups is 1. The van der Waals surface area contributed by atoms with E-state index < -0.39 is 23.0 Å². The first-order valence-corrected chi connectivity index (χ1v) is 8.32. The highest BCUT2D eigenvalue weighted by Crippen LogP contribution is 2.49. The van der Waals surface area contributed by atoms with Crippen molar-refractivity contribution < 1.29 is 23.5 Å². The molecule has 1 fully saturated rings. The van der Waals surface area contributed by atoms with E-state index in [1.165, 1.54) is 25.4 Å². The standard InChI is InChI=1S/C19H20F2N2O3.2H2S/c1-11-14(4-3-5-15(11)20)19(18(24)23-25)7-6-12(9-19)13-8-16(21)17(26-2)22-10-13;;/h3-5,8,10,12,25H,6-7,9H2,1-2H3,(H,23,24);2*1H2/t12-,19-;;/m0../s1. The van der Waals surface area contributed by atoms with Crippen LogP contribution < -0.4 is 10.2 Å². The van der Waals surface area contributed by atoms with Crippen molar-refractivity contribution in [2.45, 2.75) is 37.5 Å². The van der Waals surface area contributed by atoms with E-state index in [0.29, 0.717) is 36.0 Å². The van der Waals surface area contributed by atoms with Gasteiger partial charge in [-0.2, -0.15) is 27.0 Å². The molecule has 9 heteroatoms. The van der Waals surface area contributed by atoms with Gasteiger partial charge in [-0.1, -0.05) is 12.1 Å². The van der Waals surface area contributed by atoms with Crippen LogP contribution in [0.3, 0.4) is 0 Å². The molecule has 2 aromatic rings. The predicted octanol–water partition coefficient (Wildman–Crippen LogP) is 3.61. The summed E-state index contributed by atoms with van der Waals surface area (Å²) < 4.78 is 32.9. The van der Waals surface area contributed by atoms with Gasteiger partial charge in [-0.15, -0.1) is 0 Å². The molecule has 1 amide bonds. The molecule has 2 atom stereocenters. The number of methoxy groups -OCH3 is 1. The van der Waals surface area contributed by atoms with E-state index in [-0.39, 0.29) is 38.8 Å². The number of hydroxylamine groups is 1. The summed E-state index contributed by atoms with van der Waals surface area (Å²) >= 11 is 0. The van der Waals surface area contributed by atoms with Gasteiger partial charge in [0.15, 0.2) is 5.82 Å². The quantitative estimate of drug-likeness (QED) is 0.574. The van der Waals surface area contributed by atoms with Crippen molar-refractivity contribution in [3.8, 4) is 5.88 Å². The zero-order valence-electron chi connectivity index (χ0n) is 15.6.